The molecule has 2 aromatic heterocycles. The van der Waals surface area contributed by atoms with Crippen LogP contribution in [0, 0.1) is 0 Å². The van der Waals surface area contributed by atoms with E-state index in [0.29, 0.717) is 24.6 Å². The van der Waals surface area contributed by atoms with Crippen molar-refractivity contribution in [3.8, 4) is 11.5 Å². The van der Waals surface area contributed by atoms with Gasteiger partial charge in [-0.25, -0.2) is 14.6 Å². The molecule has 0 unspecified atom stereocenters. The van der Waals surface area contributed by atoms with Gasteiger partial charge in [-0.1, -0.05) is 24.8 Å². The number of thioether (sulfide) groups is 1. The summed E-state index contributed by atoms with van der Waals surface area (Å²) in [6.07, 6.45) is 5.55. The van der Waals surface area contributed by atoms with E-state index < -0.39 is 0 Å². The number of aromatic nitrogens is 4. The van der Waals surface area contributed by atoms with Gasteiger partial charge in [0.25, 0.3) is 0 Å². The summed E-state index contributed by atoms with van der Waals surface area (Å²) in [5.41, 5.74) is 1.69. The molecule has 3 aromatic rings. The number of hydrogen-bond donors (Lipinski definition) is 1. The molecule has 4 rings (SSSR count). The van der Waals surface area contributed by atoms with Crippen molar-refractivity contribution in [1.29, 1.82) is 0 Å². The molecule has 1 aliphatic rings. The number of ether oxygens (including phenoxy) is 2. The smallest absolute Gasteiger partial charge is 0.224 e. The molecule has 1 saturated heterocycles. The number of methoxy groups -OCH3 is 2. The lowest BCUT2D eigenvalue weighted by atomic mass is 10.1. The minimum Gasteiger partial charge on any atom is -0.493 e. The predicted molar refractivity (Wildman–Crippen MR) is 134 cm³/mol. The normalized spacial score (nSPS) is 13.4. The number of rotatable bonds is 11. The Balaban J connectivity index is 1.43. The summed E-state index contributed by atoms with van der Waals surface area (Å²) in [6, 6.07) is 5.50. The maximum Gasteiger partial charge on any atom is 0.224 e. The Hall–Kier alpha value is -3.01. The number of carbonyl (C=O) groups excluding carboxylic acids is 1. The van der Waals surface area contributed by atoms with Crippen molar-refractivity contribution in [3.05, 3.63) is 30.0 Å². The third-order valence-corrected chi connectivity index (χ3v) is 6.81. The summed E-state index contributed by atoms with van der Waals surface area (Å²) >= 11 is 1.68. The number of anilines is 1. The van der Waals surface area contributed by atoms with Crippen LogP contribution >= 0.6 is 11.8 Å². The highest BCUT2D eigenvalue weighted by atomic mass is 32.2. The predicted octanol–water partition coefficient (Wildman–Crippen LogP) is 3.30. The lowest BCUT2D eigenvalue weighted by Gasteiger charge is -2.18. The molecule has 182 valence electrons. The van der Waals surface area contributed by atoms with Gasteiger partial charge in [-0.2, -0.15) is 5.10 Å². The highest BCUT2D eigenvalue weighted by Crippen LogP contribution is 2.30. The molecular formula is C24H32N6O3S. The van der Waals surface area contributed by atoms with Crippen molar-refractivity contribution >= 4 is 34.5 Å². The highest BCUT2D eigenvalue weighted by molar-refractivity contribution is 7.99. The first kappa shape index (κ1) is 24.1. The molecule has 10 heteroatoms. The minimum absolute atomic E-state index is 0.0600. The zero-order chi connectivity index (χ0) is 23.9. The number of fused-ring (bicyclic) bond motifs is 1. The minimum atomic E-state index is -0.0600. The number of amides is 1. The van der Waals surface area contributed by atoms with Gasteiger partial charge in [0.15, 0.2) is 22.3 Å². The molecule has 0 radical (unpaired) electrons. The quantitative estimate of drug-likeness (QED) is 0.327. The van der Waals surface area contributed by atoms with Crippen LogP contribution in [-0.4, -0.2) is 65.3 Å². The van der Waals surface area contributed by atoms with Crippen molar-refractivity contribution in [2.24, 2.45) is 0 Å². The molecule has 0 atom stereocenters. The Morgan fingerprint density at radius 2 is 1.94 bits per heavy atom. The van der Waals surface area contributed by atoms with Crippen LogP contribution in [-0.2, 0) is 17.8 Å². The first-order valence-corrected chi connectivity index (χ1v) is 12.7. The fourth-order valence-electron chi connectivity index (χ4n) is 4.05. The Morgan fingerprint density at radius 1 is 1.15 bits per heavy atom. The van der Waals surface area contributed by atoms with Gasteiger partial charge in [0.2, 0.25) is 5.91 Å². The number of hydrogen-bond acceptors (Lipinski definition) is 8. The third kappa shape index (κ3) is 5.55. The van der Waals surface area contributed by atoms with Crippen LogP contribution < -0.4 is 19.7 Å². The lowest BCUT2D eigenvalue weighted by molar-refractivity contribution is -0.120. The molecular weight excluding hydrogens is 452 g/mol. The molecule has 0 spiro atoms. The van der Waals surface area contributed by atoms with E-state index in [1.165, 1.54) is 12.8 Å². The first-order chi connectivity index (χ1) is 16.6. The van der Waals surface area contributed by atoms with Gasteiger partial charge in [0.1, 0.15) is 5.82 Å². The molecule has 1 aliphatic heterocycles. The number of benzene rings is 1. The Kier molecular flexibility index (Phi) is 8.10. The van der Waals surface area contributed by atoms with E-state index in [1.54, 1.807) is 26.0 Å². The molecule has 3 heterocycles. The largest absolute Gasteiger partial charge is 0.493 e. The lowest BCUT2D eigenvalue weighted by Crippen LogP contribution is -2.29. The number of nitrogens with zero attached hydrogens (tertiary/aromatic N) is 5. The number of nitrogens with one attached hydrogen (secondary N) is 1. The van der Waals surface area contributed by atoms with Crippen LogP contribution in [0.4, 0.5) is 5.82 Å². The summed E-state index contributed by atoms with van der Waals surface area (Å²) in [5.74, 6) is 3.15. The van der Waals surface area contributed by atoms with Crippen LogP contribution in [0.2, 0.25) is 0 Å². The van der Waals surface area contributed by atoms with Gasteiger partial charge >= 0.3 is 0 Å². The van der Waals surface area contributed by atoms with E-state index >= 15 is 0 Å². The highest BCUT2D eigenvalue weighted by Gasteiger charge is 2.21. The van der Waals surface area contributed by atoms with E-state index in [9.17, 15) is 4.79 Å². The van der Waals surface area contributed by atoms with Gasteiger partial charge < -0.3 is 19.7 Å². The number of carbonyl (C=O) groups is 1. The van der Waals surface area contributed by atoms with Gasteiger partial charge in [0.05, 0.1) is 38.8 Å². The van der Waals surface area contributed by atoms with Gasteiger partial charge in [0, 0.05) is 25.4 Å². The average Bonchev–Trinajstić information content (AvgIpc) is 3.53. The van der Waals surface area contributed by atoms with Gasteiger partial charge in [-0.15, -0.1) is 0 Å². The second-order valence-electron chi connectivity index (χ2n) is 8.19. The van der Waals surface area contributed by atoms with Crippen molar-refractivity contribution in [2.45, 2.75) is 44.3 Å². The van der Waals surface area contributed by atoms with E-state index in [1.807, 2.05) is 29.1 Å². The fraction of sp³-hybridized carbons (Fsp3) is 0.500. The first-order valence-electron chi connectivity index (χ1n) is 11.7. The average molecular weight is 485 g/mol. The monoisotopic (exact) mass is 484 g/mol. The fourth-order valence-corrected chi connectivity index (χ4v) is 4.74. The maximum atomic E-state index is 12.5. The van der Waals surface area contributed by atoms with E-state index in [-0.39, 0.29) is 12.3 Å². The summed E-state index contributed by atoms with van der Waals surface area (Å²) < 4.78 is 12.4. The van der Waals surface area contributed by atoms with E-state index in [2.05, 4.69) is 22.2 Å². The molecule has 1 aromatic carbocycles. The second-order valence-corrected chi connectivity index (χ2v) is 9.26. The molecule has 0 aliphatic carbocycles. The van der Waals surface area contributed by atoms with Crippen LogP contribution in [0.3, 0.4) is 0 Å². The van der Waals surface area contributed by atoms with Crippen molar-refractivity contribution < 1.29 is 14.3 Å². The SMILES string of the molecule is CCCSc1nc(N2CCCC2)c2cnn(CCNC(=O)Cc3ccc(OC)c(OC)c3)c2n1. The standard InChI is InChI=1S/C24H32N6O3S/c1-4-13-34-24-27-22(29-10-5-6-11-29)18-16-26-30(23(18)28-24)12-9-25-21(31)15-17-7-8-19(32-2)20(14-17)33-3/h7-8,14,16H,4-6,9-13,15H2,1-3H3,(H,25,31). The molecule has 9 nitrogen and oxygen atoms in total. The van der Waals surface area contributed by atoms with Crippen molar-refractivity contribution in [1.82, 2.24) is 25.1 Å². The molecule has 0 bridgehead atoms. The zero-order valence-corrected chi connectivity index (χ0v) is 20.9. The van der Waals surface area contributed by atoms with Crippen LogP contribution in [0.5, 0.6) is 11.5 Å². The second kappa shape index (κ2) is 11.4. The van der Waals surface area contributed by atoms with Gasteiger partial charge in [-0.3, -0.25) is 4.79 Å². The van der Waals surface area contributed by atoms with E-state index in [0.717, 1.165) is 52.8 Å². The summed E-state index contributed by atoms with van der Waals surface area (Å²) in [6.45, 7) is 5.18. The molecule has 1 N–H and O–H groups in total. The third-order valence-electron chi connectivity index (χ3n) is 5.75. The van der Waals surface area contributed by atoms with E-state index in [4.69, 9.17) is 19.4 Å². The molecule has 1 amide bonds. The Bertz CT molecular complexity index is 1130. The van der Waals surface area contributed by atoms with Crippen molar-refractivity contribution in [2.75, 3.05) is 44.5 Å². The topological polar surface area (TPSA) is 94.4 Å². The summed E-state index contributed by atoms with van der Waals surface area (Å²) in [4.78, 5) is 24.5. The zero-order valence-electron chi connectivity index (χ0n) is 20.0. The van der Waals surface area contributed by atoms with Crippen molar-refractivity contribution in [3.63, 3.8) is 0 Å². The molecule has 0 saturated carbocycles. The van der Waals surface area contributed by atoms with Crippen LogP contribution in [0.15, 0.2) is 29.6 Å². The Labute approximate surface area is 204 Å². The molecule has 1 fully saturated rings. The summed E-state index contributed by atoms with van der Waals surface area (Å²) in [5, 5.41) is 9.32. The van der Waals surface area contributed by atoms with Gasteiger partial charge in [-0.05, 0) is 37.0 Å². The maximum absolute atomic E-state index is 12.5. The summed E-state index contributed by atoms with van der Waals surface area (Å²) in [7, 11) is 3.18. The Morgan fingerprint density at radius 3 is 2.68 bits per heavy atom. The van der Waals surface area contributed by atoms with Crippen LogP contribution in [0.25, 0.3) is 11.0 Å². The van der Waals surface area contributed by atoms with Crippen LogP contribution in [0.1, 0.15) is 31.7 Å². The molecule has 34 heavy (non-hydrogen) atoms.